The molecule has 0 radical (unpaired) electrons. The monoisotopic (exact) mass is 355 g/mol. The SMILES string of the molecule is N#CCCn1cc(/C=N\n2c(=S)[nH][nH]c2=S)c(-c2ccccc2)n1. The van der Waals surface area contributed by atoms with E-state index in [-0.39, 0.29) is 0 Å². The van der Waals surface area contributed by atoms with Gasteiger partial charge in [0, 0.05) is 17.3 Å². The number of nitriles is 1. The van der Waals surface area contributed by atoms with Gasteiger partial charge in [-0.2, -0.15) is 20.1 Å². The van der Waals surface area contributed by atoms with Gasteiger partial charge in [-0.05, 0) is 24.4 Å². The number of H-pyrrole nitrogens is 2. The molecule has 2 heterocycles. The lowest BCUT2D eigenvalue weighted by Gasteiger charge is -1.98. The highest BCUT2D eigenvalue weighted by Gasteiger charge is 2.09. The van der Waals surface area contributed by atoms with E-state index in [4.69, 9.17) is 29.7 Å². The molecule has 0 spiro atoms. The molecule has 7 nitrogen and oxygen atoms in total. The van der Waals surface area contributed by atoms with Crippen molar-refractivity contribution in [2.24, 2.45) is 5.10 Å². The van der Waals surface area contributed by atoms with Gasteiger partial charge in [0.25, 0.3) is 0 Å². The predicted molar refractivity (Wildman–Crippen MR) is 95.7 cm³/mol. The molecule has 0 fully saturated rings. The molecule has 0 saturated carbocycles. The van der Waals surface area contributed by atoms with E-state index in [1.165, 1.54) is 4.68 Å². The van der Waals surface area contributed by atoms with Crippen LogP contribution in [0.4, 0.5) is 0 Å². The average Bonchev–Trinajstić information content (AvgIpc) is 3.15. The van der Waals surface area contributed by atoms with E-state index in [2.05, 4.69) is 26.5 Å². The number of hydrogen-bond donors (Lipinski definition) is 2. The van der Waals surface area contributed by atoms with Gasteiger partial charge in [-0.25, -0.2) is 0 Å². The Kier molecular flexibility index (Phi) is 4.79. The number of aryl methyl sites for hydroxylation is 1. The molecule has 0 aliphatic heterocycles. The first-order chi connectivity index (χ1) is 11.7. The third-order valence-electron chi connectivity index (χ3n) is 3.26. The molecule has 0 saturated heterocycles. The summed E-state index contributed by atoms with van der Waals surface area (Å²) in [5, 5.41) is 23.1. The van der Waals surface area contributed by atoms with Crippen LogP contribution in [0.15, 0.2) is 41.6 Å². The number of hydrogen-bond acceptors (Lipinski definition) is 5. The molecule has 24 heavy (non-hydrogen) atoms. The lowest BCUT2D eigenvalue weighted by molar-refractivity contribution is 0.629. The van der Waals surface area contributed by atoms with E-state index in [0.29, 0.717) is 22.5 Å². The second-order valence-corrected chi connectivity index (χ2v) is 5.66. The van der Waals surface area contributed by atoms with Crippen molar-refractivity contribution in [1.29, 1.82) is 5.26 Å². The number of nitrogens with zero attached hydrogens (tertiary/aromatic N) is 5. The summed E-state index contributed by atoms with van der Waals surface area (Å²) in [6.45, 7) is 0.522. The first-order valence-electron chi connectivity index (χ1n) is 7.13. The zero-order chi connectivity index (χ0) is 16.9. The summed E-state index contributed by atoms with van der Waals surface area (Å²) >= 11 is 10.2. The molecule has 120 valence electrons. The zero-order valence-corrected chi connectivity index (χ0v) is 14.1. The van der Waals surface area contributed by atoms with Crippen LogP contribution in [0.5, 0.6) is 0 Å². The van der Waals surface area contributed by atoms with Crippen molar-refractivity contribution < 1.29 is 0 Å². The third kappa shape index (κ3) is 3.40. The summed E-state index contributed by atoms with van der Waals surface area (Å²) in [5.74, 6) is 0. The molecule has 0 bridgehead atoms. The molecule has 0 unspecified atom stereocenters. The van der Waals surface area contributed by atoms with E-state index in [9.17, 15) is 0 Å². The van der Waals surface area contributed by atoms with Crippen LogP contribution in [0.1, 0.15) is 12.0 Å². The van der Waals surface area contributed by atoms with Crippen LogP contribution in [0.25, 0.3) is 11.3 Å². The van der Waals surface area contributed by atoms with Crippen molar-refractivity contribution in [3.05, 3.63) is 51.6 Å². The highest BCUT2D eigenvalue weighted by molar-refractivity contribution is 7.72. The maximum Gasteiger partial charge on any atom is 0.215 e. The van der Waals surface area contributed by atoms with Gasteiger partial charge in [-0.15, -0.1) is 0 Å². The van der Waals surface area contributed by atoms with Gasteiger partial charge >= 0.3 is 0 Å². The largest absolute Gasteiger partial charge is 0.273 e. The molecule has 0 aliphatic rings. The standard InChI is InChI=1S/C15H13N7S2/c16-7-4-8-21-10-12(9-17-22-14(23)18-19-15(22)24)13(20-21)11-5-2-1-3-6-11/h1-3,5-6,9-10H,4,8H2,(H,18,23)(H,19,24)/b17-9-. The Labute approximate surface area is 147 Å². The summed E-state index contributed by atoms with van der Waals surface area (Å²) in [6, 6.07) is 11.9. The van der Waals surface area contributed by atoms with Crippen molar-refractivity contribution in [2.45, 2.75) is 13.0 Å². The Morgan fingerprint density at radius 2 is 1.92 bits per heavy atom. The molecule has 3 rings (SSSR count). The fraction of sp³-hybridized carbons (Fsp3) is 0.133. The summed E-state index contributed by atoms with van der Waals surface area (Å²) in [4.78, 5) is 0. The number of aromatic amines is 2. The molecule has 9 heteroatoms. The van der Waals surface area contributed by atoms with Gasteiger partial charge < -0.3 is 0 Å². The molecule has 0 amide bonds. The second kappa shape index (κ2) is 7.16. The maximum atomic E-state index is 8.76. The molecular weight excluding hydrogens is 342 g/mol. The first-order valence-corrected chi connectivity index (χ1v) is 7.94. The fourth-order valence-corrected chi connectivity index (χ4v) is 2.60. The van der Waals surface area contributed by atoms with Gasteiger partial charge in [0.15, 0.2) is 0 Å². The first kappa shape index (κ1) is 16.0. The van der Waals surface area contributed by atoms with Gasteiger partial charge in [0.2, 0.25) is 9.54 Å². The lowest BCUT2D eigenvalue weighted by Crippen LogP contribution is -1.97. The topological polar surface area (TPSA) is 90.5 Å². The van der Waals surface area contributed by atoms with Crippen LogP contribution in [0.3, 0.4) is 0 Å². The molecule has 3 aromatic rings. The molecule has 1 aromatic carbocycles. The smallest absolute Gasteiger partial charge is 0.215 e. The normalized spacial score (nSPS) is 11.0. The van der Waals surface area contributed by atoms with Gasteiger partial charge in [-0.1, -0.05) is 30.3 Å². The summed E-state index contributed by atoms with van der Waals surface area (Å²) in [5.41, 5.74) is 2.57. The molecule has 2 aromatic heterocycles. The Morgan fingerprint density at radius 1 is 1.21 bits per heavy atom. The summed E-state index contributed by atoms with van der Waals surface area (Å²) in [6.07, 6.45) is 3.90. The molecule has 0 atom stereocenters. The van der Waals surface area contributed by atoms with Crippen molar-refractivity contribution in [3.63, 3.8) is 0 Å². The number of benzene rings is 1. The number of aromatic nitrogens is 5. The van der Waals surface area contributed by atoms with Crippen LogP contribution in [-0.2, 0) is 6.54 Å². The van der Waals surface area contributed by atoms with Crippen LogP contribution in [-0.4, -0.2) is 30.9 Å². The van der Waals surface area contributed by atoms with Crippen molar-refractivity contribution in [2.75, 3.05) is 0 Å². The van der Waals surface area contributed by atoms with Crippen molar-refractivity contribution in [1.82, 2.24) is 24.7 Å². The van der Waals surface area contributed by atoms with Crippen molar-refractivity contribution >= 4 is 30.7 Å². The fourth-order valence-electron chi connectivity index (χ4n) is 2.16. The van der Waals surface area contributed by atoms with Gasteiger partial charge in [-0.3, -0.25) is 14.9 Å². The second-order valence-electron chi connectivity index (χ2n) is 4.89. The number of rotatable bonds is 5. The van der Waals surface area contributed by atoms with Crippen LogP contribution < -0.4 is 0 Å². The number of nitrogens with one attached hydrogen (secondary N) is 2. The van der Waals surface area contributed by atoms with Crippen LogP contribution >= 0.6 is 24.4 Å². The summed E-state index contributed by atoms with van der Waals surface area (Å²) in [7, 11) is 0. The molecule has 2 N–H and O–H groups in total. The quantitative estimate of drug-likeness (QED) is 0.543. The maximum absolute atomic E-state index is 8.76. The third-order valence-corrected chi connectivity index (χ3v) is 3.81. The lowest BCUT2D eigenvalue weighted by atomic mass is 10.1. The van der Waals surface area contributed by atoms with Crippen LogP contribution in [0, 0.1) is 20.9 Å². The Morgan fingerprint density at radius 3 is 2.58 bits per heavy atom. The predicted octanol–water partition coefficient (Wildman–Crippen LogP) is 3.26. The van der Waals surface area contributed by atoms with E-state index < -0.39 is 0 Å². The molecule has 0 aliphatic carbocycles. The Hall–Kier alpha value is -2.83. The van der Waals surface area contributed by atoms with Crippen LogP contribution in [0.2, 0.25) is 0 Å². The van der Waals surface area contributed by atoms with E-state index in [1.807, 2.05) is 36.5 Å². The Balaban J connectivity index is 2.02. The van der Waals surface area contributed by atoms with E-state index in [0.717, 1.165) is 16.8 Å². The highest BCUT2D eigenvalue weighted by atomic mass is 32.1. The minimum Gasteiger partial charge on any atom is -0.273 e. The van der Waals surface area contributed by atoms with E-state index in [1.54, 1.807) is 10.9 Å². The Bertz CT molecular complexity index is 987. The van der Waals surface area contributed by atoms with Crippen molar-refractivity contribution in [3.8, 4) is 17.3 Å². The van der Waals surface area contributed by atoms with Gasteiger partial charge in [0.1, 0.15) is 5.69 Å². The zero-order valence-electron chi connectivity index (χ0n) is 12.5. The average molecular weight is 355 g/mol. The minimum atomic E-state index is 0.384. The highest BCUT2D eigenvalue weighted by Crippen LogP contribution is 2.20. The minimum absolute atomic E-state index is 0.384. The van der Waals surface area contributed by atoms with Gasteiger partial charge in [0.05, 0.1) is 25.2 Å². The molecular formula is C15H13N7S2. The summed E-state index contributed by atoms with van der Waals surface area (Å²) < 4.78 is 3.93. The van der Waals surface area contributed by atoms with E-state index >= 15 is 0 Å².